The van der Waals surface area contributed by atoms with Crippen molar-refractivity contribution < 1.29 is 24.5 Å². The first-order valence-electron chi connectivity index (χ1n) is 10.2. The van der Waals surface area contributed by atoms with Crippen LogP contribution in [0.4, 0.5) is 0 Å². The Labute approximate surface area is 166 Å². The third kappa shape index (κ3) is 5.94. The summed E-state index contributed by atoms with van der Waals surface area (Å²) < 4.78 is 11.7. The van der Waals surface area contributed by atoms with Gasteiger partial charge in [0.25, 0.3) is 0 Å². The molecular weight excluding hydrogens is 356 g/mol. The SMILES string of the molecule is O=C(O)CCC/C=C\C[C@@H]1[C@H](/C=C/[C@H](O)COc2ccccc2)[C@H]2CC[C@@H]1O2. The van der Waals surface area contributed by atoms with Crippen LogP contribution in [0.1, 0.15) is 38.5 Å². The highest BCUT2D eigenvalue weighted by molar-refractivity contribution is 5.66. The Hall–Kier alpha value is -2.11. The second kappa shape index (κ2) is 10.4. The number of aliphatic hydroxyl groups excluding tert-OH is 1. The molecule has 1 aromatic rings. The van der Waals surface area contributed by atoms with Crippen LogP contribution in [0.25, 0.3) is 0 Å². The van der Waals surface area contributed by atoms with E-state index in [1.165, 1.54) is 0 Å². The molecule has 0 aromatic heterocycles. The van der Waals surface area contributed by atoms with Gasteiger partial charge in [0, 0.05) is 12.3 Å². The Kier molecular flexibility index (Phi) is 7.69. The number of aliphatic carboxylic acids is 1. The maximum absolute atomic E-state index is 10.5. The van der Waals surface area contributed by atoms with Crippen molar-refractivity contribution in [3.8, 4) is 5.75 Å². The van der Waals surface area contributed by atoms with Crippen molar-refractivity contribution >= 4 is 5.97 Å². The molecule has 2 fully saturated rings. The average molecular weight is 386 g/mol. The number of rotatable bonds is 11. The topological polar surface area (TPSA) is 76.0 Å². The lowest BCUT2D eigenvalue weighted by Gasteiger charge is -2.25. The number of carboxylic acid groups (broad SMARTS) is 1. The predicted octanol–water partition coefficient (Wildman–Crippen LogP) is 3.98. The fourth-order valence-corrected chi connectivity index (χ4v) is 4.14. The van der Waals surface area contributed by atoms with Crippen LogP contribution in [0.3, 0.4) is 0 Å². The van der Waals surface area contributed by atoms with Crippen LogP contribution in [-0.2, 0) is 9.53 Å². The number of hydrogen-bond acceptors (Lipinski definition) is 4. The molecule has 0 radical (unpaired) electrons. The fraction of sp³-hybridized carbons (Fsp3) is 0.522. The smallest absolute Gasteiger partial charge is 0.303 e. The molecule has 1 aromatic carbocycles. The molecule has 0 spiro atoms. The predicted molar refractivity (Wildman–Crippen MR) is 107 cm³/mol. The van der Waals surface area contributed by atoms with E-state index in [2.05, 4.69) is 18.2 Å². The lowest BCUT2D eigenvalue weighted by atomic mass is 9.77. The van der Waals surface area contributed by atoms with E-state index >= 15 is 0 Å². The van der Waals surface area contributed by atoms with Gasteiger partial charge in [-0.2, -0.15) is 0 Å². The van der Waals surface area contributed by atoms with Crippen molar-refractivity contribution in [2.24, 2.45) is 11.8 Å². The fourth-order valence-electron chi connectivity index (χ4n) is 4.14. The molecule has 0 aliphatic carbocycles. The lowest BCUT2D eigenvalue weighted by Crippen LogP contribution is -2.26. The van der Waals surface area contributed by atoms with Gasteiger partial charge in [-0.3, -0.25) is 4.79 Å². The van der Waals surface area contributed by atoms with Crippen molar-refractivity contribution in [3.63, 3.8) is 0 Å². The first-order chi connectivity index (χ1) is 13.6. The summed E-state index contributed by atoms with van der Waals surface area (Å²) in [6.07, 6.45) is 12.9. The van der Waals surface area contributed by atoms with Crippen LogP contribution in [0.15, 0.2) is 54.6 Å². The second-order valence-electron chi connectivity index (χ2n) is 7.60. The van der Waals surface area contributed by atoms with Crippen LogP contribution in [0.5, 0.6) is 5.75 Å². The molecule has 0 amide bonds. The highest BCUT2D eigenvalue weighted by Gasteiger charge is 2.46. The van der Waals surface area contributed by atoms with Crippen molar-refractivity contribution in [2.45, 2.75) is 56.8 Å². The number of fused-ring (bicyclic) bond motifs is 2. The van der Waals surface area contributed by atoms with Crippen LogP contribution in [0.2, 0.25) is 0 Å². The molecule has 2 saturated heterocycles. The summed E-state index contributed by atoms with van der Waals surface area (Å²) in [5, 5.41) is 18.9. The number of carbonyl (C=O) groups is 1. The number of ether oxygens (including phenoxy) is 2. The Bertz CT molecular complexity index is 669. The van der Waals surface area contributed by atoms with E-state index in [0.29, 0.717) is 24.4 Å². The molecule has 2 N–H and O–H groups in total. The lowest BCUT2D eigenvalue weighted by molar-refractivity contribution is -0.137. The Morgan fingerprint density at radius 1 is 1.21 bits per heavy atom. The Balaban J connectivity index is 1.46. The van der Waals surface area contributed by atoms with Crippen molar-refractivity contribution in [1.29, 1.82) is 0 Å². The van der Waals surface area contributed by atoms with Gasteiger partial charge in [-0.15, -0.1) is 0 Å². The van der Waals surface area contributed by atoms with Gasteiger partial charge in [0.2, 0.25) is 0 Å². The largest absolute Gasteiger partial charge is 0.491 e. The van der Waals surface area contributed by atoms with E-state index in [1.807, 2.05) is 36.4 Å². The molecule has 0 saturated carbocycles. The van der Waals surface area contributed by atoms with Crippen LogP contribution < -0.4 is 4.74 Å². The van der Waals surface area contributed by atoms with Gasteiger partial charge in [-0.05, 0) is 50.2 Å². The van der Waals surface area contributed by atoms with E-state index in [9.17, 15) is 9.90 Å². The number of allylic oxidation sites excluding steroid dienone is 2. The first kappa shape index (κ1) is 20.6. The second-order valence-corrected chi connectivity index (χ2v) is 7.60. The number of hydrogen-bond donors (Lipinski definition) is 2. The molecule has 2 aliphatic rings. The number of para-hydroxylation sites is 1. The highest BCUT2D eigenvalue weighted by atomic mass is 16.5. The molecule has 3 rings (SSSR count). The van der Waals surface area contributed by atoms with E-state index in [-0.39, 0.29) is 19.1 Å². The normalized spacial score (nSPS) is 27.6. The summed E-state index contributed by atoms with van der Waals surface area (Å²) in [6.45, 7) is 0.232. The molecule has 152 valence electrons. The minimum absolute atomic E-state index is 0.218. The zero-order valence-electron chi connectivity index (χ0n) is 16.2. The molecule has 5 heteroatoms. The van der Waals surface area contributed by atoms with Gasteiger partial charge in [-0.1, -0.05) is 42.5 Å². The third-order valence-corrected chi connectivity index (χ3v) is 5.54. The maximum atomic E-state index is 10.5. The molecular formula is C23H30O5. The number of carboxylic acids is 1. The molecule has 5 nitrogen and oxygen atoms in total. The molecule has 2 bridgehead atoms. The summed E-state index contributed by atoms with van der Waals surface area (Å²) in [5.41, 5.74) is 0. The van der Waals surface area contributed by atoms with Gasteiger partial charge in [-0.25, -0.2) is 0 Å². The van der Waals surface area contributed by atoms with Crippen LogP contribution in [-0.4, -0.2) is 41.1 Å². The minimum atomic E-state index is -0.741. The van der Waals surface area contributed by atoms with E-state index in [0.717, 1.165) is 31.4 Å². The zero-order valence-corrected chi connectivity index (χ0v) is 16.2. The first-order valence-corrected chi connectivity index (χ1v) is 10.2. The Morgan fingerprint density at radius 3 is 2.79 bits per heavy atom. The number of aliphatic hydroxyl groups is 1. The highest BCUT2D eigenvalue weighted by Crippen LogP contribution is 2.45. The van der Waals surface area contributed by atoms with E-state index < -0.39 is 12.1 Å². The summed E-state index contributed by atoms with van der Waals surface area (Å²) in [4.78, 5) is 10.5. The molecule has 0 unspecified atom stereocenters. The van der Waals surface area contributed by atoms with Gasteiger partial charge < -0.3 is 19.7 Å². The van der Waals surface area contributed by atoms with Crippen molar-refractivity contribution in [1.82, 2.24) is 0 Å². The van der Waals surface area contributed by atoms with E-state index in [1.54, 1.807) is 0 Å². The van der Waals surface area contributed by atoms with Gasteiger partial charge in [0.15, 0.2) is 0 Å². The van der Waals surface area contributed by atoms with Crippen molar-refractivity contribution in [3.05, 3.63) is 54.6 Å². The van der Waals surface area contributed by atoms with E-state index in [4.69, 9.17) is 14.6 Å². The molecule has 2 aliphatic heterocycles. The molecule has 2 heterocycles. The molecule has 28 heavy (non-hydrogen) atoms. The number of unbranched alkanes of at least 4 members (excludes halogenated alkanes) is 1. The summed E-state index contributed by atoms with van der Waals surface area (Å²) >= 11 is 0. The zero-order chi connectivity index (χ0) is 19.8. The Morgan fingerprint density at radius 2 is 2.00 bits per heavy atom. The monoisotopic (exact) mass is 386 g/mol. The third-order valence-electron chi connectivity index (χ3n) is 5.54. The average Bonchev–Trinajstić information content (AvgIpc) is 3.30. The summed E-state index contributed by atoms with van der Waals surface area (Å²) in [6, 6.07) is 9.49. The minimum Gasteiger partial charge on any atom is -0.491 e. The number of benzene rings is 1. The van der Waals surface area contributed by atoms with Crippen molar-refractivity contribution in [2.75, 3.05) is 6.61 Å². The van der Waals surface area contributed by atoms with Gasteiger partial charge in [0.05, 0.1) is 12.2 Å². The summed E-state index contributed by atoms with van der Waals surface area (Å²) in [7, 11) is 0. The summed E-state index contributed by atoms with van der Waals surface area (Å²) in [5.74, 6) is 0.751. The maximum Gasteiger partial charge on any atom is 0.303 e. The standard InChI is InChI=1S/C23H30O5/c24-17(16-27-18-8-4-3-5-9-18)12-13-20-19(21-14-15-22(20)28-21)10-6-1-2-7-11-23(25)26/h1,3-6,8-9,12-13,17,19-22,24H,2,7,10-11,14-16H2,(H,25,26)/b6-1-,13-12+/t17-,19+,20-,21-,22+/m0/s1. The van der Waals surface area contributed by atoms with Gasteiger partial charge in [0.1, 0.15) is 18.5 Å². The van der Waals surface area contributed by atoms with Crippen LogP contribution in [0, 0.1) is 11.8 Å². The van der Waals surface area contributed by atoms with Gasteiger partial charge >= 0.3 is 5.97 Å². The van der Waals surface area contributed by atoms with Crippen LogP contribution >= 0.6 is 0 Å². The quantitative estimate of drug-likeness (QED) is 0.444. The molecule has 5 atom stereocenters.